The first-order valence-corrected chi connectivity index (χ1v) is 8.01. The second-order valence-electron chi connectivity index (χ2n) is 5.48. The maximum atomic E-state index is 12.0. The quantitative estimate of drug-likeness (QED) is 0.683. The molecule has 1 aromatic rings. The van der Waals surface area contributed by atoms with E-state index in [1.807, 2.05) is 6.92 Å². The number of hydrogen-bond donors (Lipinski definition) is 0. The molecular weight excluding hydrogens is 262 g/mol. The summed E-state index contributed by atoms with van der Waals surface area (Å²) in [6.07, 6.45) is 1.41. The summed E-state index contributed by atoms with van der Waals surface area (Å²) < 4.78 is 5.18. The predicted octanol–water partition coefficient (Wildman–Crippen LogP) is 3.76. The van der Waals surface area contributed by atoms with Crippen LogP contribution < -0.4 is 0 Å². The highest BCUT2D eigenvalue weighted by Crippen LogP contribution is 2.32. The molecule has 3 heteroatoms. The van der Waals surface area contributed by atoms with E-state index in [2.05, 4.69) is 56.9 Å². The van der Waals surface area contributed by atoms with Gasteiger partial charge in [0.25, 0.3) is 0 Å². The van der Waals surface area contributed by atoms with E-state index in [1.165, 1.54) is 11.1 Å². The summed E-state index contributed by atoms with van der Waals surface area (Å²) >= 11 is 0. The molecule has 0 aromatic heterocycles. The lowest BCUT2D eigenvalue weighted by Gasteiger charge is -2.40. The topological polar surface area (TPSA) is 29.5 Å². The number of hydrogen-bond acceptors (Lipinski definition) is 3. The van der Waals surface area contributed by atoms with Crippen LogP contribution in [0.4, 0.5) is 0 Å². The van der Waals surface area contributed by atoms with Crippen molar-refractivity contribution in [3.05, 3.63) is 35.4 Å². The fourth-order valence-electron chi connectivity index (χ4n) is 2.91. The normalized spacial score (nSPS) is 14.0. The largest absolute Gasteiger partial charge is 0.466 e. The molecule has 3 nitrogen and oxygen atoms in total. The number of nitrogens with zero attached hydrogens (tertiary/aromatic N) is 1. The van der Waals surface area contributed by atoms with Gasteiger partial charge in [0.15, 0.2) is 0 Å². The van der Waals surface area contributed by atoms with Crippen LogP contribution in [0.3, 0.4) is 0 Å². The van der Waals surface area contributed by atoms with Crippen LogP contribution in [0, 0.1) is 0 Å². The molecular formula is C18H29NO2. The molecule has 0 aliphatic rings. The molecule has 1 aromatic carbocycles. The Balaban J connectivity index is 3.12. The molecule has 0 aliphatic carbocycles. The van der Waals surface area contributed by atoms with E-state index in [9.17, 15) is 4.79 Å². The Morgan fingerprint density at radius 1 is 1.10 bits per heavy atom. The Morgan fingerprint density at radius 2 is 1.67 bits per heavy atom. The Labute approximate surface area is 129 Å². The smallest absolute Gasteiger partial charge is 0.307 e. The van der Waals surface area contributed by atoms with Crippen molar-refractivity contribution < 1.29 is 9.53 Å². The van der Waals surface area contributed by atoms with Gasteiger partial charge in [0.2, 0.25) is 0 Å². The Bertz CT molecular complexity index is 437. The molecule has 0 bridgehead atoms. The number of esters is 1. The molecule has 0 amide bonds. The Morgan fingerprint density at radius 3 is 2.10 bits per heavy atom. The summed E-state index contributed by atoms with van der Waals surface area (Å²) in [6, 6.07) is 8.61. The third kappa shape index (κ3) is 4.31. The van der Waals surface area contributed by atoms with Crippen LogP contribution >= 0.6 is 0 Å². The number of benzene rings is 1. The third-order valence-corrected chi connectivity index (χ3v) is 4.24. The molecule has 0 saturated heterocycles. The van der Waals surface area contributed by atoms with Crippen LogP contribution in [0.2, 0.25) is 0 Å². The van der Waals surface area contributed by atoms with Gasteiger partial charge < -0.3 is 4.74 Å². The first-order chi connectivity index (χ1) is 10.0. The maximum absolute atomic E-state index is 12.0. The number of aryl methyl sites for hydroxylation is 1. The van der Waals surface area contributed by atoms with Gasteiger partial charge in [0.1, 0.15) is 0 Å². The molecule has 118 valence electrons. The zero-order valence-corrected chi connectivity index (χ0v) is 14.1. The summed E-state index contributed by atoms with van der Waals surface area (Å²) in [5.74, 6) is -0.133. The molecule has 1 rings (SSSR count). The fourth-order valence-corrected chi connectivity index (χ4v) is 2.91. The summed E-state index contributed by atoms with van der Waals surface area (Å²) in [6.45, 7) is 12.6. The van der Waals surface area contributed by atoms with Gasteiger partial charge in [-0.15, -0.1) is 0 Å². The predicted molar refractivity (Wildman–Crippen MR) is 87.3 cm³/mol. The molecule has 21 heavy (non-hydrogen) atoms. The van der Waals surface area contributed by atoms with Crippen molar-refractivity contribution in [1.82, 2.24) is 4.90 Å². The van der Waals surface area contributed by atoms with E-state index < -0.39 is 0 Å². The lowest BCUT2D eigenvalue weighted by Crippen LogP contribution is -2.45. The molecule has 0 spiro atoms. The Hall–Kier alpha value is -1.35. The van der Waals surface area contributed by atoms with Crippen molar-refractivity contribution in [3.63, 3.8) is 0 Å². The summed E-state index contributed by atoms with van der Waals surface area (Å²) in [5.41, 5.74) is 2.18. The highest BCUT2D eigenvalue weighted by atomic mass is 16.5. The second kappa shape index (κ2) is 8.18. The molecule has 0 fully saturated rings. The van der Waals surface area contributed by atoms with Crippen molar-refractivity contribution in [2.75, 3.05) is 19.7 Å². The first-order valence-electron chi connectivity index (χ1n) is 8.01. The standard InChI is InChI=1S/C18H29NO2/c1-6-15-10-12-16(13-11-15)18(5,19(7-2)8-3)14-17(20)21-9-4/h10-13H,6-9,14H2,1-5H3. The molecule has 0 radical (unpaired) electrons. The van der Waals surface area contributed by atoms with Gasteiger partial charge in [-0.1, -0.05) is 45.0 Å². The monoisotopic (exact) mass is 291 g/mol. The fraction of sp³-hybridized carbons (Fsp3) is 0.611. The zero-order valence-electron chi connectivity index (χ0n) is 14.1. The second-order valence-corrected chi connectivity index (χ2v) is 5.48. The van der Waals surface area contributed by atoms with Crippen molar-refractivity contribution in [3.8, 4) is 0 Å². The average molecular weight is 291 g/mol. The van der Waals surface area contributed by atoms with Crippen molar-refractivity contribution >= 4 is 5.97 Å². The highest BCUT2D eigenvalue weighted by Gasteiger charge is 2.35. The number of rotatable bonds is 8. The summed E-state index contributed by atoms with van der Waals surface area (Å²) in [7, 11) is 0. The SMILES string of the molecule is CCOC(=O)CC(C)(c1ccc(CC)cc1)N(CC)CC. The average Bonchev–Trinajstić information content (AvgIpc) is 2.48. The third-order valence-electron chi connectivity index (χ3n) is 4.24. The van der Waals surface area contributed by atoms with Crippen LogP contribution in [0.5, 0.6) is 0 Å². The van der Waals surface area contributed by atoms with Gasteiger partial charge in [-0.2, -0.15) is 0 Å². The maximum Gasteiger partial charge on any atom is 0.307 e. The van der Waals surface area contributed by atoms with Crippen LogP contribution in [0.15, 0.2) is 24.3 Å². The summed E-state index contributed by atoms with van der Waals surface area (Å²) in [5, 5.41) is 0. The van der Waals surface area contributed by atoms with Gasteiger partial charge in [0, 0.05) is 0 Å². The lowest BCUT2D eigenvalue weighted by atomic mass is 9.86. The van der Waals surface area contributed by atoms with Crippen LogP contribution in [0.1, 0.15) is 52.2 Å². The number of carbonyl (C=O) groups excluding carboxylic acids is 1. The van der Waals surface area contributed by atoms with Crippen LogP contribution in [-0.4, -0.2) is 30.6 Å². The van der Waals surface area contributed by atoms with Crippen molar-refractivity contribution in [2.45, 2.75) is 53.0 Å². The van der Waals surface area contributed by atoms with Crippen molar-refractivity contribution in [2.24, 2.45) is 0 Å². The van der Waals surface area contributed by atoms with Gasteiger partial charge in [-0.05, 0) is 44.5 Å². The van der Waals surface area contributed by atoms with E-state index >= 15 is 0 Å². The minimum absolute atomic E-state index is 0.133. The molecule has 0 aliphatic heterocycles. The zero-order chi connectivity index (χ0) is 15.9. The minimum atomic E-state index is -0.317. The molecule has 0 saturated carbocycles. The first kappa shape index (κ1) is 17.7. The van der Waals surface area contributed by atoms with Crippen molar-refractivity contribution in [1.29, 1.82) is 0 Å². The van der Waals surface area contributed by atoms with E-state index in [-0.39, 0.29) is 11.5 Å². The van der Waals surface area contributed by atoms with Gasteiger partial charge in [-0.25, -0.2) is 0 Å². The van der Waals surface area contributed by atoms with E-state index in [0.717, 1.165) is 19.5 Å². The summed E-state index contributed by atoms with van der Waals surface area (Å²) in [4.78, 5) is 14.4. The number of carbonyl (C=O) groups is 1. The Kier molecular flexibility index (Phi) is 6.90. The van der Waals surface area contributed by atoms with Gasteiger partial charge in [0.05, 0.1) is 18.6 Å². The molecule has 0 N–H and O–H groups in total. The van der Waals surface area contributed by atoms with E-state index in [1.54, 1.807) is 0 Å². The van der Waals surface area contributed by atoms with E-state index in [4.69, 9.17) is 4.74 Å². The van der Waals surface area contributed by atoms with Gasteiger partial charge in [-0.3, -0.25) is 9.69 Å². The molecule has 1 unspecified atom stereocenters. The number of ether oxygens (including phenoxy) is 1. The van der Waals surface area contributed by atoms with E-state index in [0.29, 0.717) is 13.0 Å². The molecule has 1 atom stereocenters. The highest BCUT2D eigenvalue weighted by molar-refractivity contribution is 5.71. The van der Waals surface area contributed by atoms with Crippen LogP contribution in [-0.2, 0) is 21.5 Å². The lowest BCUT2D eigenvalue weighted by molar-refractivity contribution is -0.146. The minimum Gasteiger partial charge on any atom is -0.466 e. The molecule has 0 heterocycles. The van der Waals surface area contributed by atoms with Gasteiger partial charge >= 0.3 is 5.97 Å². The van der Waals surface area contributed by atoms with Crippen LogP contribution in [0.25, 0.3) is 0 Å².